The molecule has 4 nitrogen and oxygen atoms in total. The van der Waals surface area contributed by atoms with Crippen LogP contribution < -0.4 is 9.47 Å². The number of ether oxygens (including phenoxy) is 2. The number of methoxy groups -OCH3 is 2. The highest BCUT2D eigenvalue weighted by molar-refractivity contribution is 5.87. The van der Waals surface area contributed by atoms with Crippen LogP contribution in [-0.2, 0) is 0 Å². The molecule has 0 spiro atoms. The molecule has 0 saturated heterocycles. The summed E-state index contributed by atoms with van der Waals surface area (Å²) in [5.41, 5.74) is 3.63. The average molecular weight is 278 g/mol. The summed E-state index contributed by atoms with van der Waals surface area (Å²) in [5.74, 6) is 1.38. The van der Waals surface area contributed by atoms with Gasteiger partial charge in [-0.1, -0.05) is 0 Å². The van der Waals surface area contributed by atoms with Gasteiger partial charge in [0, 0.05) is 22.2 Å². The van der Waals surface area contributed by atoms with E-state index in [1.807, 2.05) is 36.4 Å². The van der Waals surface area contributed by atoms with Crippen LogP contribution in [0.5, 0.6) is 11.5 Å². The molecule has 0 aliphatic heterocycles. The summed E-state index contributed by atoms with van der Waals surface area (Å²) in [7, 11) is 3.23. The van der Waals surface area contributed by atoms with Crippen molar-refractivity contribution >= 4 is 10.9 Å². The molecular weight excluding hydrogens is 264 g/mol. The molecule has 3 aromatic rings. The van der Waals surface area contributed by atoms with E-state index in [1.54, 1.807) is 20.3 Å². The highest BCUT2D eigenvalue weighted by atomic mass is 16.5. The maximum absolute atomic E-state index is 8.96. The minimum atomic E-state index is 0.653. The van der Waals surface area contributed by atoms with Crippen LogP contribution in [0.2, 0.25) is 0 Å². The first-order valence-corrected chi connectivity index (χ1v) is 6.50. The maximum Gasteiger partial charge on any atom is 0.161 e. The lowest BCUT2D eigenvalue weighted by Gasteiger charge is -2.08. The first kappa shape index (κ1) is 13.1. The Morgan fingerprint density at radius 1 is 0.952 bits per heavy atom. The average Bonchev–Trinajstić information content (AvgIpc) is 2.96. The van der Waals surface area contributed by atoms with E-state index in [0.717, 1.165) is 22.2 Å². The van der Waals surface area contributed by atoms with Crippen LogP contribution in [0.1, 0.15) is 5.56 Å². The van der Waals surface area contributed by atoms with Crippen molar-refractivity contribution in [2.45, 2.75) is 0 Å². The van der Waals surface area contributed by atoms with Crippen molar-refractivity contribution in [1.82, 2.24) is 4.98 Å². The Balaban J connectivity index is 2.10. The number of H-pyrrole nitrogens is 1. The summed E-state index contributed by atoms with van der Waals surface area (Å²) in [6.07, 6.45) is 0. The fourth-order valence-corrected chi connectivity index (χ4v) is 2.36. The third-order valence-corrected chi connectivity index (χ3v) is 3.44. The van der Waals surface area contributed by atoms with Crippen LogP contribution in [0.3, 0.4) is 0 Å². The van der Waals surface area contributed by atoms with Crippen molar-refractivity contribution in [3.8, 4) is 28.8 Å². The Bertz CT molecular complexity index is 844. The van der Waals surface area contributed by atoms with Crippen LogP contribution >= 0.6 is 0 Å². The molecular formula is C17H14N2O2. The van der Waals surface area contributed by atoms with Crippen LogP contribution in [0.4, 0.5) is 0 Å². The highest BCUT2D eigenvalue weighted by Crippen LogP contribution is 2.33. The molecule has 0 saturated carbocycles. The number of nitrogens with one attached hydrogen (secondary N) is 1. The largest absolute Gasteiger partial charge is 0.493 e. The van der Waals surface area contributed by atoms with Gasteiger partial charge in [0.05, 0.1) is 25.9 Å². The van der Waals surface area contributed by atoms with Crippen molar-refractivity contribution in [2.24, 2.45) is 0 Å². The van der Waals surface area contributed by atoms with Crippen molar-refractivity contribution in [3.63, 3.8) is 0 Å². The Labute approximate surface area is 122 Å². The van der Waals surface area contributed by atoms with Crippen molar-refractivity contribution in [1.29, 1.82) is 5.26 Å². The zero-order valence-electron chi connectivity index (χ0n) is 11.8. The normalized spacial score (nSPS) is 10.3. The van der Waals surface area contributed by atoms with Gasteiger partial charge in [-0.15, -0.1) is 0 Å². The van der Waals surface area contributed by atoms with Gasteiger partial charge in [0.15, 0.2) is 11.5 Å². The summed E-state index contributed by atoms with van der Waals surface area (Å²) in [5, 5.41) is 9.97. The Morgan fingerprint density at radius 3 is 2.48 bits per heavy atom. The fourth-order valence-electron chi connectivity index (χ4n) is 2.36. The lowest BCUT2D eigenvalue weighted by Crippen LogP contribution is -1.90. The van der Waals surface area contributed by atoms with Gasteiger partial charge in [0.25, 0.3) is 0 Å². The maximum atomic E-state index is 8.96. The van der Waals surface area contributed by atoms with Gasteiger partial charge in [-0.3, -0.25) is 0 Å². The molecule has 0 radical (unpaired) electrons. The van der Waals surface area contributed by atoms with Gasteiger partial charge in [-0.2, -0.15) is 5.26 Å². The number of hydrogen-bond donors (Lipinski definition) is 1. The molecule has 0 aliphatic carbocycles. The van der Waals surface area contributed by atoms with Gasteiger partial charge < -0.3 is 14.5 Å². The molecule has 0 bridgehead atoms. The van der Waals surface area contributed by atoms with E-state index in [2.05, 4.69) is 11.1 Å². The lowest BCUT2D eigenvalue weighted by atomic mass is 10.1. The lowest BCUT2D eigenvalue weighted by molar-refractivity contribution is 0.355. The van der Waals surface area contributed by atoms with E-state index in [1.165, 1.54) is 0 Å². The summed E-state index contributed by atoms with van der Waals surface area (Å²) >= 11 is 0. The molecule has 21 heavy (non-hydrogen) atoms. The Morgan fingerprint density at radius 2 is 1.76 bits per heavy atom. The predicted molar refractivity (Wildman–Crippen MR) is 81.6 cm³/mol. The van der Waals surface area contributed by atoms with Gasteiger partial charge in [-0.25, -0.2) is 0 Å². The minimum absolute atomic E-state index is 0.653. The summed E-state index contributed by atoms with van der Waals surface area (Å²) in [6, 6.07) is 15.5. The molecule has 2 aromatic carbocycles. The SMILES string of the molecule is COc1ccc(-c2cc3cc(C#N)ccc3[nH]2)cc1OC. The number of hydrogen-bond acceptors (Lipinski definition) is 3. The number of aromatic nitrogens is 1. The zero-order valence-corrected chi connectivity index (χ0v) is 11.8. The van der Waals surface area contributed by atoms with Gasteiger partial charge in [0.2, 0.25) is 0 Å². The molecule has 0 atom stereocenters. The minimum Gasteiger partial charge on any atom is -0.493 e. The first-order chi connectivity index (χ1) is 10.2. The van der Waals surface area contributed by atoms with Gasteiger partial charge >= 0.3 is 0 Å². The van der Waals surface area contributed by atoms with Crippen molar-refractivity contribution in [2.75, 3.05) is 14.2 Å². The van der Waals surface area contributed by atoms with Crippen LogP contribution in [-0.4, -0.2) is 19.2 Å². The summed E-state index contributed by atoms with van der Waals surface area (Å²) < 4.78 is 10.6. The first-order valence-electron chi connectivity index (χ1n) is 6.50. The van der Waals surface area contributed by atoms with E-state index in [-0.39, 0.29) is 0 Å². The smallest absolute Gasteiger partial charge is 0.161 e. The number of aromatic amines is 1. The number of fused-ring (bicyclic) bond motifs is 1. The number of nitriles is 1. The molecule has 0 unspecified atom stereocenters. The van der Waals surface area contributed by atoms with Gasteiger partial charge in [0.1, 0.15) is 0 Å². The van der Waals surface area contributed by atoms with Gasteiger partial charge in [-0.05, 0) is 42.5 Å². The monoisotopic (exact) mass is 278 g/mol. The second-order valence-electron chi connectivity index (χ2n) is 4.67. The molecule has 0 aliphatic rings. The Kier molecular flexibility index (Phi) is 3.25. The molecule has 0 amide bonds. The van der Waals surface area contributed by atoms with E-state index in [9.17, 15) is 0 Å². The fraction of sp³-hybridized carbons (Fsp3) is 0.118. The second-order valence-corrected chi connectivity index (χ2v) is 4.67. The third-order valence-electron chi connectivity index (χ3n) is 3.44. The standard InChI is InChI=1S/C17H14N2O2/c1-20-16-6-4-12(9-17(16)21-2)15-8-13-7-11(10-18)3-5-14(13)19-15/h3-9,19H,1-2H3. The van der Waals surface area contributed by atoms with Crippen LogP contribution in [0.25, 0.3) is 22.2 Å². The number of rotatable bonds is 3. The van der Waals surface area contributed by atoms with Crippen LogP contribution in [0.15, 0.2) is 42.5 Å². The summed E-state index contributed by atoms with van der Waals surface area (Å²) in [4.78, 5) is 3.35. The van der Waals surface area contributed by atoms with E-state index >= 15 is 0 Å². The van der Waals surface area contributed by atoms with Crippen LogP contribution in [0, 0.1) is 11.3 Å². The van der Waals surface area contributed by atoms with Crippen molar-refractivity contribution in [3.05, 3.63) is 48.0 Å². The zero-order chi connectivity index (χ0) is 14.8. The molecule has 1 heterocycles. The molecule has 104 valence electrons. The van der Waals surface area contributed by atoms with E-state index in [0.29, 0.717) is 17.1 Å². The number of benzene rings is 2. The highest BCUT2D eigenvalue weighted by Gasteiger charge is 2.08. The van der Waals surface area contributed by atoms with E-state index in [4.69, 9.17) is 14.7 Å². The number of nitrogens with zero attached hydrogens (tertiary/aromatic N) is 1. The molecule has 4 heteroatoms. The second kappa shape index (κ2) is 5.22. The third kappa shape index (κ3) is 2.30. The molecule has 1 aromatic heterocycles. The van der Waals surface area contributed by atoms with E-state index < -0.39 is 0 Å². The Hall–Kier alpha value is -2.93. The molecule has 3 rings (SSSR count). The molecule has 0 fully saturated rings. The van der Waals surface area contributed by atoms with Crippen molar-refractivity contribution < 1.29 is 9.47 Å². The topological polar surface area (TPSA) is 58.0 Å². The molecule has 1 N–H and O–H groups in total. The summed E-state index contributed by atoms with van der Waals surface area (Å²) in [6.45, 7) is 0. The predicted octanol–water partition coefficient (Wildman–Crippen LogP) is 3.72. The quantitative estimate of drug-likeness (QED) is 0.794.